The molecule has 0 fully saturated rings. The summed E-state index contributed by atoms with van der Waals surface area (Å²) in [5.41, 5.74) is 0. The molecule has 4 heteroatoms. The zero-order valence-electron chi connectivity index (χ0n) is 12.7. The molecule has 0 aliphatic carbocycles. The molecule has 0 spiro atoms. The van der Waals surface area contributed by atoms with Crippen LogP contribution in [-0.2, 0) is 6.54 Å². The van der Waals surface area contributed by atoms with E-state index in [0.717, 1.165) is 37.6 Å². The molecular weight excluding hydrogens is 282 g/mol. The second-order valence-electron chi connectivity index (χ2n) is 4.83. The predicted molar refractivity (Wildman–Crippen MR) is 88.5 cm³/mol. The molecule has 0 bridgehead atoms. The molecule has 0 atom stereocenters. The molecule has 0 saturated carbocycles. The highest BCUT2D eigenvalue weighted by molar-refractivity contribution is 7.11. The lowest BCUT2D eigenvalue weighted by Gasteiger charge is -2.12. The van der Waals surface area contributed by atoms with Crippen molar-refractivity contribution in [3.05, 3.63) is 46.2 Å². The maximum atomic E-state index is 5.79. The van der Waals surface area contributed by atoms with Gasteiger partial charge in [-0.25, -0.2) is 0 Å². The Morgan fingerprint density at radius 1 is 1.00 bits per heavy atom. The van der Waals surface area contributed by atoms with E-state index in [4.69, 9.17) is 9.47 Å². The molecule has 0 aliphatic rings. The van der Waals surface area contributed by atoms with Gasteiger partial charge >= 0.3 is 0 Å². The van der Waals surface area contributed by atoms with Crippen molar-refractivity contribution in [3.8, 4) is 11.5 Å². The molecule has 1 N–H and O–H groups in total. The van der Waals surface area contributed by atoms with Crippen LogP contribution in [0.3, 0.4) is 0 Å². The lowest BCUT2D eigenvalue weighted by atomic mass is 10.3. The fourth-order valence-corrected chi connectivity index (χ4v) is 2.79. The van der Waals surface area contributed by atoms with Crippen molar-refractivity contribution in [3.63, 3.8) is 0 Å². The first-order valence-corrected chi connectivity index (χ1v) is 8.22. The molecule has 2 rings (SSSR count). The Hall–Kier alpha value is -1.52. The highest BCUT2D eigenvalue weighted by atomic mass is 32.1. The smallest absolute Gasteiger partial charge is 0.161 e. The summed E-state index contributed by atoms with van der Waals surface area (Å²) in [6.45, 7) is 7.30. The third-order valence-corrected chi connectivity index (χ3v) is 3.94. The van der Waals surface area contributed by atoms with E-state index in [1.54, 1.807) is 0 Å². The molecule has 0 unspecified atom stereocenters. The van der Waals surface area contributed by atoms with Crippen LogP contribution >= 0.6 is 11.3 Å². The van der Waals surface area contributed by atoms with Gasteiger partial charge in [0.1, 0.15) is 6.61 Å². The van der Waals surface area contributed by atoms with E-state index < -0.39 is 0 Å². The number of para-hydroxylation sites is 2. The molecule has 1 aromatic carbocycles. The van der Waals surface area contributed by atoms with Crippen molar-refractivity contribution < 1.29 is 9.47 Å². The second-order valence-corrected chi connectivity index (χ2v) is 6.21. The van der Waals surface area contributed by atoms with Crippen molar-refractivity contribution in [2.45, 2.75) is 26.8 Å². The van der Waals surface area contributed by atoms with Crippen molar-refractivity contribution >= 4 is 11.3 Å². The van der Waals surface area contributed by atoms with Crippen LogP contribution in [0.15, 0.2) is 36.4 Å². The van der Waals surface area contributed by atoms with Crippen LogP contribution in [0.2, 0.25) is 0 Å². The molecule has 0 amide bonds. The lowest BCUT2D eigenvalue weighted by molar-refractivity contribution is 0.267. The molecular formula is C17H23NO2S. The fourth-order valence-electron chi connectivity index (χ4n) is 1.93. The van der Waals surface area contributed by atoms with Gasteiger partial charge < -0.3 is 14.8 Å². The summed E-state index contributed by atoms with van der Waals surface area (Å²) in [5.74, 6) is 1.65. The van der Waals surface area contributed by atoms with Crippen molar-refractivity contribution in [1.82, 2.24) is 5.32 Å². The summed E-state index contributed by atoms with van der Waals surface area (Å²) in [5, 5.41) is 3.39. The third-order valence-electron chi connectivity index (χ3n) is 2.94. The molecule has 1 aromatic heterocycles. The van der Waals surface area contributed by atoms with E-state index in [9.17, 15) is 0 Å². The minimum absolute atomic E-state index is 0.636. The molecule has 1 heterocycles. The molecule has 114 valence electrons. The van der Waals surface area contributed by atoms with Gasteiger partial charge in [-0.2, -0.15) is 0 Å². The van der Waals surface area contributed by atoms with Gasteiger partial charge in [0.05, 0.1) is 6.61 Å². The van der Waals surface area contributed by atoms with Crippen molar-refractivity contribution in [2.75, 3.05) is 19.8 Å². The summed E-state index contributed by atoms with van der Waals surface area (Å²) >= 11 is 1.83. The zero-order valence-corrected chi connectivity index (χ0v) is 13.5. The number of benzene rings is 1. The first kappa shape index (κ1) is 15.9. The molecule has 2 aromatic rings. The first-order chi connectivity index (χ1) is 10.3. The van der Waals surface area contributed by atoms with Crippen LogP contribution in [0.1, 0.15) is 23.1 Å². The van der Waals surface area contributed by atoms with Gasteiger partial charge in [0.2, 0.25) is 0 Å². The number of hydrogen-bond donors (Lipinski definition) is 1. The minimum atomic E-state index is 0.636. The van der Waals surface area contributed by atoms with Crippen LogP contribution in [0, 0.1) is 6.92 Å². The number of aryl methyl sites for hydroxylation is 1. The standard InChI is InChI=1S/C17H23NO2S/c1-3-11-19-16-6-4-5-7-17(16)20-12-10-18-13-15-9-8-14(2)21-15/h4-9,18H,3,10-13H2,1-2H3. The second kappa shape index (κ2) is 8.70. The van der Waals surface area contributed by atoms with E-state index in [1.165, 1.54) is 9.75 Å². The highest BCUT2D eigenvalue weighted by Crippen LogP contribution is 2.26. The highest BCUT2D eigenvalue weighted by Gasteiger charge is 2.03. The number of rotatable bonds is 9. The molecule has 3 nitrogen and oxygen atoms in total. The van der Waals surface area contributed by atoms with E-state index in [1.807, 2.05) is 35.6 Å². The Labute approximate surface area is 130 Å². The molecule has 0 radical (unpaired) electrons. The molecule has 21 heavy (non-hydrogen) atoms. The van der Waals surface area contributed by atoms with E-state index >= 15 is 0 Å². The topological polar surface area (TPSA) is 30.5 Å². The van der Waals surface area contributed by atoms with Gasteiger partial charge in [0.15, 0.2) is 11.5 Å². The van der Waals surface area contributed by atoms with Crippen molar-refractivity contribution in [2.24, 2.45) is 0 Å². The van der Waals surface area contributed by atoms with Crippen LogP contribution in [0.4, 0.5) is 0 Å². The van der Waals surface area contributed by atoms with Gasteiger partial charge in [0, 0.05) is 22.8 Å². The Bertz CT molecular complexity index is 539. The van der Waals surface area contributed by atoms with Crippen LogP contribution in [0.5, 0.6) is 11.5 Å². The summed E-state index contributed by atoms with van der Waals surface area (Å²) in [4.78, 5) is 2.71. The quantitative estimate of drug-likeness (QED) is 0.710. The van der Waals surface area contributed by atoms with E-state index in [-0.39, 0.29) is 0 Å². The fraction of sp³-hybridized carbons (Fsp3) is 0.412. The average molecular weight is 305 g/mol. The normalized spacial score (nSPS) is 10.6. The Morgan fingerprint density at radius 3 is 2.33 bits per heavy atom. The van der Waals surface area contributed by atoms with Gasteiger partial charge in [-0.1, -0.05) is 19.1 Å². The van der Waals surface area contributed by atoms with E-state index in [0.29, 0.717) is 6.61 Å². The summed E-state index contributed by atoms with van der Waals surface area (Å²) in [6, 6.07) is 12.2. The average Bonchev–Trinajstić information content (AvgIpc) is 2.91. The zero-order chi connectivity index (χ0) is 14.9. The SMILES string of the molecule is CCCOc1ccccc1OCCNCc1ccc(C)s1. The summed E-state index contributed by atoms with van der Waals surface area (Å²) in [6.07, 6.45) is 0.996. The molecule has 0 aliphatic heterocycles. The largest absolute Gasteiger partial charge is 0.490 e. The Morgan fingerprint density at radius 2 is 1.71 bits per heavy atom. The number of thiophene rings is 1. The van der Waals surface area contributed by atoms with Gasteiger partial charge in [-0.3, -0.25) is 0 Å². The van der Waals surface area contributed by atoms with Crippen LogP contribution in [0.25, 0.3) is 0 Å². The Kier molecular flexibility index (Phi) is 6.57. The van der Waals surface area contributed by atoms with E-state index in [2.05, 4.69) is 31.3 Å². The summed E-state index contributed by atoms with van der Waals surface area (Å²) < 4.78 is 11.5. The number of hydrogen-bond acceptors (Lipinski definition) is 4. The van der Waals surface area contributed by atoms with Crippen LogP contribution in [-0.4, -0.2) is 19.8 Å². The van der Waals surface area contributed by atoms with Crippen molar-refractivity contribution in [1.29, 1.82) is 0 Å². The molecule has 0 saturated heterocycles. The number of nitrogens with one attached hydrogen (secondary N) is 1. The van der Waals surface area contributed by atoms with Gasteiger partial charge in [-0.15, -0.1) is 11.3 Å². The summed E-state index contributed by atoms with van der Waals surface area (Å²) in [7, 11) is 0. The predicted octanol–water partition coefficient (Wildman–Crippen LogP) is 4.01. The maximum absolute atomic E-state index is 5.79. The lowest BCUT2D eigenvalue weighted by Crippen LogP contribution is -2.20. The first-order valence-electron chi connectivity index (χ1n) is 7.40. The van der Waals surface area contributed by atoms with Gasteiger partial charge in [0.25, 0.3) is 0 Å². The Balaban J connectivity index is 1.70. The van der Waals surface area contributed by atoms with Crippen LogP contribution < -0.4 is 14.8 Å². The number of ether oxygens (including phenoxy) is 2. The minimum Gasteiger partial charge on any atom is -0.490 e. The maximum Gasteiger partial charge on any atom is 0.161 e. The third kappa shape index (κ3) is 5.40. The van der Waals surface area contributed by atoms with Gasteiger partial charge in [-0.05, 0) is 37.6 Å². The monoisotopic (exact) mass is 305 g/mol.